The average molecular weight is 715 g/mol. The number of methoxy groups -OCH3 is 1. The van der Waals surface area contributed by atoms with Crippen LogP contribution in [0.4, 0.5) is 11.4 Å². The quantitative estimate of drug-likeness (QED) is 0.215. The maximum absolute atomic E-state index is 13.0. The van der Waals surface area contributed by atoms with Crippen LogP contribution in [0.25, 0.3) is 21.8 Å². The highest BCUT2D eigenvalue weighted by Gasteiger charge is 2.32. The molecule has 53 heavy (non-hydrogen) atoms. The number of benzene rings is 2. The molecule has 1 unspecified atom stereocenters. The topological polar surface area (TPSA) is 163 Å². The van der Waals surface area contributed by atoms with Gasteiger partial charge in [0.1, 0.15) is 17.9 Å². The maximum atomic E-state index is 13.0. The van der Waals surface area contributed by atoms with Gasteiger partial charge < -0.3 is 15.0 Å². The molecule has 8 rings (SSSR count). The highest BCUT2D eigenvalue weighted by Crippen LogP contribution is 2.37. The number of hydrogen-bond donors (Lipinski definition) is 2. The second-order valence-corrected chi connectivity index (χ2v) is 14.4. The van der Waals surface area contributed by atoms with E-state index in [4.69, 9.17) is 14.9 Å². The second-order valence-electron chi connectivity index (χ2n) is 14.4. The molecule has 2 aliphatic heterocycles. The van der Waals surface area contributed by atoms with Crippen molar-refractivity contribution < 1.29 is 19.1 Å². The van der Waals surface area contributed by atoms with Gasteiger partial charge in [-0.05, 0) is 69.2 Å². The normalized spacial score (nSPS) is 21.1. The van der Waals surface area contributed by atoms with Crippen LogP contribution in [-0.4, -0.2) is 87.0 Å². The van der Waals surface area contributed by atoms with Crippen LogP contribution >= 0.6 is 0 Å². The van der Waals surface area contributed by atoms with E-state index in [9.17, 15) is 19.6 Å². The van der Waals surface area contributed by atoms with E-state index >= 15 is 0 Å². The third-order valence-corrected chi connectivity index (χ3v) is 11.0. The van der Waals surface area contributed by atoms with Gasteiger partial charge >= 0.3 is 0 Å². The van der Waals surface area contributed by atoms with Gasteiger partial charge in [0.25, 0.3) is 11.8 Å². The standard InChI is InChI=1S/C39H42N10O4/c1-24-37-32(4-3-5-33(37)49(44-24)34-10-11-36(50)43-39(34)52)47-14-12-46(13-15-47)22-25-6-8-29(9-7-25)48-23-28-17-31(35(53-2)18-30(28)45-48)42-38(51)27-16-26(19-40)20-41-21-27/h3-5,16-18,20-21,23,25,29,34H,6-15,22H2,1-2H3,(H,42,51)(H,43,50,52). The SMILES string of the molecule is COc1cc2nn(C3CCC(CN4CCN(c5cccc6c5c(C)nn6C5CCC(=O)NC5=O)CC4)CC3)cc2cc1NC(=O)c1cncc(C#N)c1. The molecule has 5 heterocycles. The fourth-order valence-electron chi connectivity index (χ4n) is 8.25. The lowest BCUT2D eigenvalue weighted by atomic mass is 9.85. The second kappa shape index (κ2) is 14.3. The first-order chi connectivity index (χ1) is 25.8. The Morgan fingerprint density at radius 3 is 2.60 bits per heavy atom. The largest absolute Gasteiger partial charge is 0.494 e. The van der Waals surface area contributed by atoms with Crippen LogP contribution in [0.3, 0.4) is 0 Å². The number of nitrogens with one attached hydrogen (secondary N) is 2. The van der Waals surface area contributed by atoms with Gasteiger partial charge in [0.05, 0.1) is 46.7 Å². The van der Waals surface area contributed by atoms with Gasteiger partial charge in [0.2, 0.25) is 5.91 Å². The number of nitriles is 1. The predicted octanol–water partition coefficient (Wildman–Crippen LogP) is 4.75. The molecule has 2 N–H and O–H groups in total. The molecule has 2 aromatic carbocycles. The zero-order valence-electron chi connectivity index (χ0n) is 29.9. The van der Waals surface area contributed by atoms with Gasteiger partial charge in [0.15, 0.2) is 0 Å². The number of aromatic nitrogens is 5. The third kappa shape index (κ3) is 6.80. The first kappa shape index (κ1) is 34.3. The van der Waals surface area contributed by atoms with E-state index in [-0.39, 0.29) is 17.7 Å². The lowest BCUT2D eigenvalue weighted by molar-refractivity contribution is -0.135. The number of rotatable bonds is 8. The Hall–Kier alpha value is -5.81. The van der Waals surface area contributed by atoms with E-state index < -0.39 is 6.04 Å². The summed E-state index contributed by atoms with van der Waals surface area (Å²) in [6.07, 6.45) is 10.1. The van der Waals surface area contributed by atoms with Crippen molar-refractivity contribution in [1.29, 1.82) is 5.26 Å². The van der Waals surface area contributed by atoms with Crippen molar-refractivity contribution in [3.05, 3.63) is 71.8 Å². The van der Waals surface area contributed by atoms with Crippen molar-refractivity contribution in [3.8, 4) is 11.8 Å². The zero-order chi connectivity index (χ0) is 36.6. The summed E-state index contributed by atoms with van der Waals surface area (Å²) in [5, 5.41) is 26.2. The maximum Gasteiger partial charge on any atom is 0.257 e. The molecule has 2 saturated heterocycles. The van der Waals surface area contributed by atoms with Crippen molar-refractivity contribution in [2.75, 3.05) is 50.1 Å². The number of amides is 3. The van der Waals surface area contributed by atoms with E-state index in [0.29, 0.717) is 47.4 Å². The summed E-state index contributed by atoms with van der Waals surface area (Å²) < 4.78 is 9.48. The number of aryl methyl sites for hydroxylation is 1. The zero-order valence-corrected chi connectivity index (χ0v) is 29.9. The van der Waals surface area contributed by atoms with Crippen LogP contribution in [0.5, 0.6) is 5.75 Å². The first-order valence-electron chi connectivity index (χ1n) is 18.3. The number of hydrogen-bond acceptors (Lipinski definition) is 10. The smallest absolute Gasteiger partial charge is 0.257 e. The number of imide groups is 1. The summed E-state index contributed by atoms with van der Waals surface area (Å²) in [4.78, 5) is 46.4. The van der Waals surface area contributed by atoms with E-state index in [1.165, 1.54) is 18.5 Å². The Kier molecular flexibility index (Phi) is 9.26. The average Bonchev–Trinajstić information content (AvgIpc) is 3.75. The summed E-state index contributed by atoms with van der Waals surface area (Å²) in [6.45, 7) is 6.91. The highest BCUT2D eigenvalue weighted by atomic mass is 16.5. The van der Waals surface area contributed by atoms with Crippen molar-refractivity contribution in [2.45, 2.75) is 57.5 Å². The number of ether oxygens (including phenoxy) is 1. The number of piperidine rings is 1. The van der Waals surface area contributed by atoms with Crippen molar-refractivity contribution >= 4 is 50.9 Å². The van der Waals surface area contributed by atoms with Crippen molar-refractivity contribution in [1.82, 2.24) is 34.8 Å². The molecule has 3 aliphatic rings. The molecule has 3 fully saturated rings. The number of piperazine rings is 1. The Morgan fingerprint density at radius 2 is 1.85 bits per heavy atom. The van der Waals surface area contributed by atoms with Gasteiger partial charge in [-0.25, -0.2) is 0 Å². The molecule has 5 aromatic rings. The number of pyridine rings is 1. The number of carbonyl (C=O) groups is 3. The summed E-state index contributed by atoms with van der Waals surface area (Å²) >= 11 is 0. The van der Waals surface area contributed by atoms with Crippen molar-refractivity contribution in [2.24, 2.45) is 5.92 Å². The molecule has 1 aliphatic carbocycles. The van der Waals surface area contributed by atoms with Crippen LogP contribution in [-0.2, 0) is 9.59 Å². The fourth-order valence-corrected chi connectivity index (χ4v) is 8.25. The van der Waals surface area contributed by atoms with Crippen LogP contribution in [0, 0.1) is 24.2 Å². The van der Waals surface area contributed by atoms with E-state index in [2.05, 4.69) is 42.4 Å². The number of carbonyl (C=O) groups excluding carboxylic acids is 3. The summed E-state index contributed by atoms with van der Waals surface area (Å²) in [7, 11) is 1.56. The fraction of sp³-hybridized carbons (Fsp3) is 0.410. The summed E-state index contributed by atoms with van der Waals surface area (Å²) in [5.74, 6) is 0.271. The summed E-state index contributed by atoms with van der Waals surface area (Å²) in [5.41, 5.74) is 4.94. The Bertz CT molecular complexity index is 2260. The van der Waals surface area contributed by atoms with E-state index in [1.807, 2.05) is 37.3 Å². The summed E-state index contributed by atoms with van der Waals surface area (Å²) in [6, 6.07) is 13.3. The molecule has 0 bridgehead atoms. The van der Waals surface area contributed by atoms with Gasteiger partial charge in [-0.1, -0.05) is 6.07 Å². The lowest BCUT2D eigenvalue weighted by Gasteiger charge is -2.39. The van der Waals surface area contributed by atoms with Crippen molar-refractivity contribution in [3.63, 3.8) is 0 Å². The minimum Gasteiger partial charge on any atom is -0.494 e. The molecule has 14 heteroatoms. The van der Waals surface area contributed by atoms with Crippen LogP contribution in [0.2, 0.25) is 0 Å². The number of anilines is 2. The molecular weight excluding hydrogens is 672 g/mol. The lowest BCUT2D eigenvalue weighted by Crippen LogP contribution is -2.48. The molecule has 0 radical (unpaired) electrons. The number of nitrogens with zero attached hydrogens (tertiary/aromatic N) is 8. The van der Waals surface area contributed by atoms with Gasteiger partial charge in [-0.3, -0.25) is 38.9 Å². The van der Waals surface area contributed by atoms with E-state index in [1.54, 1.807) is 11.8 Å². The monoisotopic (exact) mass is 714 g/mol. The molecule has 14 nitrogen and oxygen atoms in total. The molecular formula is C39H42N10O4. The van der Waals surface area contributed by atoms with E-state index in [0.717, 1.165) is 91.6 Å². The molecule has 272 valence electrons. The van der Waals surface area contributed by atoms with Crippen LogP contribution in [0.1, 0.15) is 72.2 Å². The Labute approximate surface area is 306 Å². The van der Waals surface area contributed by atoms with Gasteiger partial charge in [-0.2, -0.15) is 15.5 Å². The first-order valence-corrected chi connectivity index (χ1v) is 18.3. The molecule has 1 saturated carbocycles. The Balaban J connectivity index is 0.869. The Morgan fingerprint density at radius 1 is 1.04 bits per heavy atom. The minimum atomic E-state index is -0.478. The van der Waals surface area contributed by atoms with Gasteiger partial charge in [0, 0.05) is 80.3 Å². The molecule has 0 spiro atoms. The number of fused-ring (bicyclic) bond motifs is 2. The minimum absolute atomic E-state index is 0.224. The van der Waals surface area contributed by atoms with Crippen LogP contribution < -0.4 is 20.3 Å². The molecule has 3 amide bonds. The molecule has 1 atom stereocenters. The predicted molar refractivity (Wildman–Crippen MR) is 199 cm³/mol. The highest BCUT2D eigenvalue weighted by molar-refractivity contribution is 6.06. The molecule has 3 aromatic heterocycles. The van der Waals surface area contributed by atoms with Crippen LogP contribution in [0.15, 0.2) is 55.0 Å². The third-order valence-electron chi connectivity index (χ3n) is 11.0. The van der Waals surface area contributed by atoms with Gasteiger partial charge in [-0.15, -0.1) is 0 Å².